The van der Waals surface area contributed by atoms with Crippen molar-refractivity contribution in [2.24, 2.45) is 0 Å². The maximum absolute atomic E-state index is 12.5. The van der Waals surface area contributed by atoms with Crippen LogP contribution in [0.5, 0.6) is 0 Å². The second kappa shape index (κ2) is 8.47. The average Bonchev–Trinajstić information content (AvgIpc) is 3.12. The first-order valence-electron chi connectivity index (χ1n) is 9.63. The summed E-state index contributed by atoms with van der Waals surface area (Å²) in [5.41, 5.74) is 11.6. The third-order valence-corrected chi connectivity index (χ3v) is 5.70. The van der Waals surface area contributed by atoms with Crippen LogP contribution in [0.25, 0.3) is 21.7 Å². The standard InChI is InChI=1S/C24H22N4OS/c1-15-6-8-17(9-7-15)12-22(29)28-20-5-3-4-19(13-20)24-23(27-16(2)30-24)18-10-11-26-21(25)14-18/h3-11,13-14H,12H2,1-2H3,(H2,25,26)(H,28,29). The van der Waals surface area contributed by atoms with Gasteiger partial charge in [-0.1, -0.05) is 42.0 Å². The van der Waals surface area contributed by atoms with Gasteiger partial charge in [-0.25, -0.2) is 9.97 Å². The molecule has 5 nitrogen and oxygen atoms in total. The van der Waals surface area contributed by atoms with E-state index < -0.39 is 0 Å². The van der Waals surface area contributed by atoms with Gasteiger partial charge in [-0.3, -0.25) is 4.79 Å². The van der Waals surface area contributed by atoms with Gasteiger partial charge in [0, 0.05) is 17.4 Å². The van der Waals surface area contributed by atoms with E-state index in [0.717, 1.165) is 38.0 Å². The highest BCUT2D eigenvalue weighted by Crippen LogP contribution is 2.37. The van der Waals surface area contributed by atoms with E-state index in [9.17, 15) is 4.79 Å². The van der Waals surface area contributed by atoms with E-state index in [-0.39, 0.29) is 5.91 Å². The molecule has 4 aromatic rings. The van der Waals surface area contributed by atoms with Crippen LogP contribution < -0.4 is 11.1 Å². The topological polar surface area (TPSA) is 80.9 Å². The molecule has 30 heavy (non-hydrogen) atoms. The van der Waals surface area contributed by atoms with Gasteiger partial charge in [-0.15, -0.1) is 11.3 Å². The van der Waals surface area contributed by atoms with Crippen LogP contribution in [0.4, 0.5) is 11.5 Å². The summed E-state index contributed by atoms with van der Waals surface area (Å²) in [6.45, 7) is 4.01. The summed E-state index contributed by atoms with van der Waals surface area (Å²) in [5.74, 6) is 0.417. The molecule has 0 radical (unpaired) electrons. The number of nitrogen functional groups attached to an aromatic ring is 1. The lowest BCUT2D eigenvalue weighted by Gasteiger charge is -2.08. The van der Waals surface area contributed by atoms with Crippen LogP contribution in [0.3, 0.4) is 0 Å². The van der Waals surface area contributed by atoms with Gasteiger partial charge in [-0.2, -0.15) is 0 Å². The number of nitrogens with one attached hydrogen (secondary N) is 1. The molecular weight excluding hydrogens is 392 g/mol. The Bertz CT molecular complexity index is 1200. The van der Waals surface area contributed by atoms with Gasteiger partial charge >= 0.3 is 0 Å². The first kappa shape index (κ1) is 19.8. The van der Waals surface area contributed by atoms with Crippen molar-refractivity contribution < 1.29 is 4.79 Å². The van der Waals surface area contributed by atoms with Crippen LogP contribution in [0.2, 0.25) is 0 Å². The minimum Gasteiger partial charge on any atom is -0.384 e. The predicted octanol–water partition coefficient (Wildman–Crippen LogP) is 5.25. The first-order valence-corrected chi connectivity index (χ1v) is 10.4. The molecule has 0 saturated carbocycles. The monoisotopic (exact) mass is 414 g/mol. The molecule has 0 aliphatic heterocycles. The molecule has 1 amide bonds. The normalized spacial score (nSPS) is 10.7. The van der Waals surface area contributed by atoms with Gasteiger partial charge in [0.1, 0.15) is 5.82 Å². The number of hydrogen-bond donors (Lipinski definition) is 2. The Kier molecular flexibility index (Phi) is 5.59. The Morgan fingerprint density at radius 3 is 2.60 bits per heavy atom. The second-order valence-electron chi connectivity index (χ2n) is 7.17. The molecule has 0 atom stereocenters. The molecule has 2 aromatic heterocycles. The first-order chi connectivity index (χ1) is 14.5. The molecule has 0 aliphatic carbocycles. The van der Waals surface area contributed by atoms with Crippen molar-refractivity contribution >= 4 is 28.7 Å². The minimum absolute atomic E-state index is 0.0429. The number of benzene rings is 2. The van der Waals surface area contributed by atoms with Crippen LogP contribution in [0.1, 0.15) is 16.1 Å². The Morgan fingerprint density at radius 2 is 1.83 bits per heavy atom. The number of carbonyl (C=O) groups excluding carboxylic acids is 1. The molecule has 0 aliphatic rings. The highest BCUT2D eigenvalue weighted by Gasteiger charge is 2.15. The quantitative estimate of drug-likeness (QED) is 0.467. The summed E-state index contributed by atoms with van der Waals surface area (Å²) >= 11 is 1.61. The van der Waals surface area contributed by atoms with Crippen molar-refractivity contribution in [2.45, 2.75) is 20.3 Å². The lowest BCUT2D eigenvalue weighted by atomic mass is 10.1. The largest absolute Gasteiger partial charge is 0.384 e. The van der Waals surface area contributed by atoms with Gasteiger partial charge in [0.25, 0.3) is 0 Å². The molecule has 2 aromatic carbocycles. The number of pyridine rings is 1. The summed E-state index contributed by atoms with van der Waals surface area (Å²) in [4.78, 5) is 22.3. The highest BCUT2D eigenvalue weighted by molar-refractivity contribution is 7.15. The van der Waals surface area contributed by atoms with Crippen molar-refractivity contribution in [2.75, 3.05) is 11.1 Å². The van der Waals surface area contributed by atoms with E-state index in [1.165, 1.54) is 5.56 Å². The fraction of sp³-hybridized carbons (Fsp3) is 0.125. The Balaban J connectivity index is 1.58. The fourth-order valence-electron chi connectivity index (χ4n) is 3.25. The zero-order chi connectivity index (χ0) is 21.1. The molecule has 0 spiro atoms. The molecule has 3 N–H and O–H groups in total. The van der Waals surface area contributed by atoms with Crippen LogP contribution in [-0.4, -0.2) is 15.9 Å². The maximum Gasteiger partial charge on any atom is 0.228 e. The zero-order valence-electron chi connectivity index (χ0n) is 16.8. The van der Waals surface area contributed by atoms with Crippen LogP contribution in [0, 0.1) is 13.8 Å². The van der Waals surface area contributed by atoms with Gasteiger partial charge in [0.15, 0.2) is 0 Å². The third kappa shape index (κ3) is 4.55. The molecular formula is C24H22N4OS. The van der Waals surface area contributed by atoms with E-state index >= 15 is 0 Å². The molecule has 150 valence electrons. The number of aryl methyl sites for hydroxylation is 2. The smallest absolute Gasteiger partial charge is 0.228 e. The van der Waals surface area contributed by atoms with Crippen molar-refractivity contribution in [1.82, 2.24) is 9.97 Å². The molecule has 0 saturated heterocycles. The number of thiazole rings is 1. The summed E-state index contributed by atoms with van der Waals surface area (Å²) in [5, 5.41) is 3.97. The van der Waals surface area contributed by atoms with Crippen molar-refractivity contribution in [1.29, 1.82) is 0 Å². The van der Waals surface area contributed by atoms with Gasteiger partial charge in [0.05, 0.1) is 22.0 Å². The van der Waals surface area contributed by atoms with Crippen LogP contribution in [-0.2, 0) is 11.2 Å². The van der Waals surface area contributed by atoms with Gasteiger partial charge in [0.2, 0.25) is 5.91 Å². The van der Waals surface area contributed by atoms with Crippen LogP contribution >= 0.6 is 11.3 Å². The molecule has 4 rings (SSSR count). The molecule has 0 fully saturated rings. The number of aromatic nitrogens is 2. The molecule has 2 heterocycles. The summed E-state index contributed by atoms with van der Waals surface area (Å²) in [7, 11) is 0. The summed E-state index contributed by atoms with van der Waals surface area (Å²) < 4.78 is 0. The number of nitrogens with zero attached hydrogens (tertiary/aromatic N) is 2. The number of amides is 1. The zero-order valence-corrected chi connectivity index (χ0v) is 17.7. The van der Waals surface area contributed by atoms with Crippen molar-refractivity contribution in [3.63, 3.8) is 0 Å². The van der Waals surface area contributed by atoms with Gasteiger partial charge in [-0.05, 0) is 49.2 Å². The second-order valence-corrected chi connectivity index (χ2v) is 8.37. The Labute approximate surface area is 179 Å². The molecule has 0 unspecified atom stereocenters. The van der Waals surface area contributed by atoms with E-state index in [0.29, 0.717) is 12.2 Å². The number of carbonyl (C=O) groups is 1. The number of hydrogen-bond acceptors (Lipinski definition) is 5. The lowest BCUT2D eigenvalue weighted by molar-refractivity contribution is -0.115. The van der Waals surface area contributed by atoms with Crippen molar-refractivity contribution in [3.8, 4) is 21.7 Å². The minimum atomic E-state index is -0.0429. The van der Waals surface area contributed by atoms with E-state index in [1.807, 2.05) is 74.5 Å². The van der Waals surface area contributed by atoms with Crippen molar-refractivity contribution in [3.05, 3.63) is 83.0 Å². The Hall–Kier alpha value is -3.51. The average molecular weight is 415 g/mol. The third-order valence-electron chi connectivity index (χ3n) is 4.68. The van der Waals surface area contributed by atoms with E-state index in [4.69, 9.17) is 10.7 Å². The number of rotatable bonds is 5. The van der Waals surface area contributed by atoms with E-state index in [1.54, 1.807) is 17.5 Å². The SMILES string of the molecule is Cc1ccc(CC(=O)Nc2cccc(-c3sc(C)nc3-c3ccnc(N)c3)c2)cc1. The predicted molar refractivity (Wildman–Crippen MR) is 123 cm³/mol. The Morgan fingerprint density at radius 1 is 1.03 bits per heavy atom. The molecule has 0 bridgehead atoms. The lowest BCUT2D eigenvalue weighted by Crippen LogP contribution is -2.14. The van der Waals surface area contributed by atoms with Gasteiger partial charge < -0.3 is 11.1 Å². The van der Waals surface area contributed by atoms with E-state index in [2.05, 4.69) is 10.3 Å². The molecule has 6 heteroatoms. The summed E-state index contributed by atoms with van der Waals surface area (Å²) in [6.07, 6.45) is 2.02. The number of nitrogens with two attached hydrogens (primary N) is 1. The fourth-order valence-corrected chi connectivity index (χ4v) is 4.19. The van der Waals surface area contributed by atoms with Crippen LogP contribution in [0.15, 0.2) is 66.9 Å². The maximum atomic E-state index is 12.5. The summed E-state index contributed by atoms with van der Waals surface area (Å²) in [6, 6.07) is 19.6. The highest BCUT2D eigenvalue weighted by atomic mass is 32.1. The number of anilines is 2.